The fraction of sp³-hybridized carbons (Fsp3) is 0.778. The lowest BCUT2D eigenvalue weighted by Gasteiger charge is -2.21. The van der Waals surface area contributed by atoms with Crippen molar-refractivity contribution in [2.24, 2.45) is 7.05 Å². The number of hydrogen-bond acceptors (Lipinski definition) is 4. The molecule has 17 heavy (non-hydrogen) atoms. The van der Waals surface area contributed by atoms with Gasteiger partial charge in [-0.25, -0.2) is 9.71 Å². The van der Waals surface area contributed by atoms with Crippen molar-refractivity contribution in [3.8, 4) is 0 Å². The average Bonchev–Trinajstić information content (AvgIpc) is 2.63. The van der Waals surface area contributed by atoms with Crippen LogP contribution in [-0.2, 0) is 23.7 Å². The Labute approximate surface area is 102 Å². The molecule has 1 aromatic heterocycles. The Kier molecular flexibility index (Phi) is 4.61. The van der Waals surface area contributed by atoms with Gasteiger partial charge in [0.1, 0.15) is 12.2 Å². The normalized spacial score (nSPS) is 12.6. The zero-order valence-corrected chi connectivity index (χ0v) is 11.4. The molecule has 0 aromatic carbocycles. The van der Waals surface area contributed by atoms with Gasteiger partial charge in [0.25, 0.3) is 10.2 Å². The van der Waals surface area contributed by atoms with E-state index in [0.717, 1.165) is 5.82 Å². The molecule has 98 valence electrons. The number of hydrogen-bond donors (Lipinski definition) is 1. The van der Waals surface area contributed by atoms with Crippen molar-refractivity contribution in [1.29, 1.82) is 0 Å². The van der Waals surface area contributed by atoms with E-state index in [4.69, 9.17) is 0 Å². The lowest BCUT2D eigenvalue weighted by molar-refractivity contribution is 0.402. The van der Waals surface area contributed by atoms with Crippen LogP contribution in [0.5, 0.6) is 0 Å². The SMILES string of the molecule is CC(C)N(C)S(=O)(=O)NCCc1ncnn1C. The molecule has 1 N–H and O–H groups in total. The first-order valence-electron chi connectivity index (χ1n) is 5.40. The highest BCUT2D eigenvalue weighted by Crippen LogP contribution is 2.00. The van der Waals surface area contributed by atoms with Gasteiger partial charge in [0, 0.05) is 33.1 Å². The van der Waals surface area contributed by atoms with E-state index < -0.39 is 10.2 Å². The summed E-state index contributed by atoms with van der Waals surface area (Å²) < 4.78 is 29.0. The van der Waals surface area contributed by atoms with Gasteiger partial charge in [0.15, 0.2) is 0 Å². The molecule has 0 amide bonds. The van der Waals surface area contributed by atoms with Gasteiger partial charge in [-0.3, -0.25) is 4.68 Å². The minimum absolute atomic E-state index is 0.0673. The van der Waals surface area contributed by atoms with Crippen LogP contribution in [0.4, 0.5) is 0 Å². The molecular weight excluding hydrogens is 242 g/mol. The second kappa shape index (κ2) is 5.56. The predicted octanol–water partition coefficient (Wildman–Crippen LogP) is -0.468. The zero-order chi connectivity index (χ0) is 13.1. The summed E-state index contributed by atoms with van der Waals surface area (Å²) in [6.45, 7) is 3.95. The number of rotatable bonds is 6. The van der Waals surface area contributed by atoms with Gasteiger partial charge in [0.2, 0.25) is 0 Å². The third kappa shape index (κ3) is 3.76. The molecule has 0 bridgehead atoms. The van der Waals surface area contributed by atoms with E-state index in [9.17, 15) is 8.42 Å². The van der Waals surface area contributed by atoms with Gasteiger partial charge in [-0.1, -0.05) is 0 Å². The van der Waals surface area contributed by atoms with Crippen LogP contribution >= 0.6 is 0 Å². The van der Waals surface area contributed by atoms with Crippen LogP contribution in [0.1, 0.15) is 19.7 Å². The first kappa shape index (κ1) is 14.1. The fourth-order valence-electron chi connectivity index (χ4n) is 1.22. The van der Waals surface area contributed by atoms with Gasteiger partial charge in [-0.2, -0.15) is 17.8 Å². The molecule has 0 aliphatic heterocycles. The van der Waals surface area contributed by atoms with Crippen LogP contribution in [0, 0.1) is 0 Å². The molecule has 1 aromatic rings. The Hall–Kier alpha value is -0.990. The summed E-state index contributed by atoms with van der Waals surface area (Å²) in [5.41, 5.74) is 0. The summed E-state index contributed by atoms with van der Waals surface area (Å²) in [6.07, 6.45) is 1.96. The first-order chi connectivity index (χ1) is 7.84. The third-order valence-electron chi connectivity index (χ3n) is 2.54. The number of nitrogens with one attached hydrogen (secondary N) is 1. The summed E-state index contributed by atoms with van der Waals surface area (Å²) >= 11 is 0. The van der Waals surface area contributed by atoms with E-state index in [1.54, 1.807) is 18.8 Å². The predicted molar refractivity (Wildman–Crippen MR) is 64.5 cm³/mol. The molecular formula is C9H19N5O2S. The molecule has 0 radical (unpaired) electrons. The maximum absolute atomic E-state index is 11.8. The largest absolute Gasteiger partial charge is 0.279 e. The van der Waals surface area contributed by atoms with Crippen LogP contribution in [0.25, 0.3) is 0 Å². The van der Waals surface area contributed by atoms with Crippen molar-refractivity contribution in [2.45, 2.75) is 26.3 Å². The molecule has 0 aliphatic rings. The van der Waals surface area contributed by atoms with Crippen molar-refractivity contribution in [3.63, 3.8) is 0 Å². The number of aromatic nitrogens is 3. The highest BCUT2D eigenvalue weighted by molar-refractivity contribution is 7.87. The minimum atomic E-state index is -3.40. The number of aryl methyl sites for hydroxylation is 1. The number of nitrogens with zero attached hydrogens (tertiary/aromatic N) is 4. The first-order valence-corrected chi connectivity index (χ1v) is 6.84. The summed E-state index contributed by atoms with van der Waals surface area (Å²) in [5, 5.41) is 3.91. The Morgan fingerprint density at radius 3 is 2.65 bits per heavy atom. The van der Waals surface area contributed by atoms with Crippen molar-refractivity contribution in [2.75, 3.05) is 13.6 Å². The van der Waals surface area contributed by atoms with Gasteiger partial charge in [-0.15, -0.1) is 0 Å². The highest BCUT2D eigenvalue weighted by atomic mass is 32.2. The second-order valence-electron chi connectivity index (χ2n) is 4.06. The molecule has 1 heterocycles. The summed E-state index contributed by atoms with van der Waals surface area (Å²) in [7, 11) is -0.0739. The lowest BCUT2D eigenvalue weighted by Crippen LogP contribution is -2.42. The van der Waals surface area contributed by atoms with Crippen molar-refractivity contribution in [1.82, 2.24) is 23.8 Å². The van der Waals surface area contributed by atoms with E-state index in [0.29, 0.717) is 13.0 Å². The third-order valence-corrected chi connectivity index (χ3v) is 4.29. The van der Waals surface area contributed by atoms with E-state index in [1.807, 2.05) is 13.8 Å². The quantitative estimate of drug-likeness (QED) is 0.751. The van der Waals surface area contributed by atoms with Crippen LogP contribution < -0.4 is 4.72 Å². The van der Waals surface area contributed by atoms with Crippen molar-refractivity contribution >= 4 is 10.2 Å². The molecule has 8 heteroatoms. The summed E-state index contributed by atoms with van der Waals surface area (Å²) in [5.74, 6) is 0.750. The van der Waals surface area contributed by atoms with Crippen molar-refractivity contribution < 1.29 is 8.42 Å². The van der Waals surface area contributed by atoms with Gasteiger partial charge >= 0.3 is 0 Å². The molecule has 0 spiro atoms. The molecule has 1 rings (SSSR count). The Morgan fingerprint density at radius 1 is 1.53 bits per heavy atom. The zero-order valence-electron chi connectivity index (χ0n) is 10.6. The van der Waals surface area contributed by atoms with Crippen LogP contribution in [-0.4, -0.2) is 47.1 Å². The van der Waals surface area contributed by atoms with E-state index in [-0.39, 0.29) is 6.04 Å². The van der Waals surface area contributed by atoms with Gasteiger partial charge in [-0.05, 0) is 13.8 Å². The maximum Gasteiger partial charge on any atom is 0.279 e. The van der Waals surface area contributed by atoms with Crippen LogP contribution in [0.15, 0.2) is 6.33 Å². The lowest BCUT2D eigenvalue weighted by atomic mass is 10.4. The Morgan fingerprint density at radius 2 is 2.18 bits per heavy atom. The van der Waals surface area contributed by atoms with E-state index in [1.165, 1.54) is 10.6 Å². The topological polar surface area (TPSA) is 80.1 Å². The Bertz CT molecular complexity index is 454. The highest BCUT2D eigenvalue weighted by Gasteiger charge is 2.19. The summed E-state index contributed by atoms with van der Waals surface area (Å²) in [6, 6.07) is -0.0673. The fourth-order valence-corrected chi connectivity index (χ4v) is 2.34. The molecule has 0 atom stereocenters. The van der Waals surface area contributed by atoms with Crippen LogP contribution in [0.3, 0.4) is 0 Å². The second-order valence-corrected chi connectivity index (χ2v) is 5.87. The summed E-state index contributed by atoms with van der Waals surface area (Å²) in [4.78, 5) is 4.02. The molecule has 0 saturated carbocycles. The van der Waals surface area contributed by atoms with Crippen LogP contribution in [0.2, 0.25) is 0 Å². The maximum atomic E-state index is 11.8. The van der Waals surface area contributed by atoms with Crippen molar-refractivity contribution in [3.05, 3.63) is 12.2 Å². The van der Waals surface area contributed by atoms with Gasteiger partial charge in [0.05, 0.1) is 0 Å². The molecule has 7 nitrogen and oxygen atoms in total. The molecule has 0 saturated heterocycles. The molecule has 0 unspecified atom stereocenters. The molecule has 0 aliphatic carbocycles. The average molecular weight is 261 g/mol. The Balaban J connectivity index is 2.49. The molecule has 0 fully saturated rings. The van der Waals surface area contributed by atoms with E-state index >= 15 is 0 Å². The van der Waals surface area contributed by atoms with Gasteiger partial charge < -0.3 is 0 Å². The minimum Gasteiger partial charge on any atom is -0.253 e. The monoisotopic (exact) mass is 261 g/mol. The van der Waals surface area contributed by atoms with E-state index in [2.05, 4.69) is 14.8 Å². The standard InChI is InChI=1S/C9H19N5O2S/c1-8(2)14(4)17(15,16)12-6-5-9-10-7-11-13(9)3/h7-8,12H,5-6H2,1-4H3. The smallest absolute Gasteiger partial charge is 0.253 e.